The third-order valence-electron chi connectivity index (χ3n) is 4.96. The average molecular weight is 422 g/mol. The van der Waals surface area contributed by atoms with E-state index in [1.807, 2.05) is 20.8 Å². The average Bonchev–Trinajstić information content (AvgIpc) is 3.38. The number of esters is 1. The predicted octanol–water partition coefficient (Wildman–Crippen LogP) is 4.47. The Kier molecular flexibility index (Phi) is 6.14. The molecule has 1 saturated carbocycles. The van der Waals surface area contributed by atoms with Gasteiger partial charge in [0.2, 0.25) is 0 Å². The monoisotopic (exact) mass is 421 g/mol. The summed E-state index contributed by atoms with van der Waals surface area (Å²) in [6.45, 7) is 12.3. The van der Waals surface area contributed by atoms with Crippen molar-refractivity contribution in [1.29, 1.82) is 0 Å². The van der Waals surface area contributed by atoms with E-state index in [-0.39, 0.29) is 23.4 Å². The standard InChI is InChI=1S/C23H32FNO5/c1-22(2,3)21(27)30-25-11-14(12-25)13-28-19-10-18(24)17(9-16(19)15-7-8-15)20(26)29-23(4,5)6/h9-10,14-15H,7-8,11-13H2,1-6H3. The first-order chi connectivity index (χ1) is 13.8. The lowest BCUT2D eigenvalue weighted by Crippen LogP contribution is -2.51. The van der Waals surface area contributed by atoms with Crippen molar-refractivity contribution >= 4 is 11.9 Å². The van der Waals surface area contributed by atoms with Crippen molar-refractivity contribution in [2.45, 2.75) is 65.9 Å². The minimum Gasteiger partial charge on any atom is -0.493 e. The number of halogens is 1. The number of benzene rings is 1. The van der Waals surface area contributed by atoms with E-state index in [1.54, 1.807) is 31.9 Å². The SMILES string of the molecule is CC(C)(C)OC(=O)c1cc(C2CC2)c(OCC2CN(OC(=O)C(C)(C)C)C2)cc1F. The largest absolute Gasteiger partial charge is 0.493 e. The van der Waals surface area contributed by atoms with Crippen molar-refractivity contribution in [3.8, 4) is 5.75 Å². The van der Waals surface area contributed by atoms with Crippen LogP contribution in [0.5, 0.6) is 5.75 Å². The van der Waals surface area contributed by atoms with Gasteiger partial charge in [0.1, 0.15) is 17.2 Å². The molecule has 7 heteroatoms. The maximum absolute atomic E-state index is 14.6. The van der Waals surface area contributed by atoms with E-state index in [4.69, 9.17) is 14.3 Å². The molecular weight excluding hydrogens is 389 g/mol. The Morgan fingerprint density at radius 2 is 1.73 bits per heavy atom. The van der Waals surface area contributed by atoms with E-state index in [2.05, 4.69) is 0 Å². The van der Waals surface area contributed by atoms with Crippen LogP contribution < -0.4 is 4.74 Å². The van der Waals surface area contributed by atoms with Gasteiger partial charge in [0.15, 0.2) is 0 Å². The molecule has 0 atom stereocenters. The Balaban J connectivity index is 1.60. The van der Waals surface area contributed by atoms with Crippen LogP contribution in [0.25, 0.3) is 0 Å². The molecule has 166 valence electrons. The highest BCUT2D eigenvalue weighted by Crippen LogP contribution is 2.45. The molecule has 0 amide bonds. The second kappa shape index (κ2) is 8.17. The molecule has 1 aromatic rings. The first-order valence-electron chi connectivity index (χ1n) is 10.5. The quantitative estimate of drug-likeness (QED) is 0.632. The molecule has 1 saturated heterocycles. The van der Waals surface area contributed by atoms with Gasteiger partial charge in [-0.3, -0.25) is 0 Å². The molecule has 0 aromatic heterocycles. The van der Waals surface area contributed by atoms with Crippen LogP contribution in [0.2, 0.25) is 0 Å². The van der Waals surface area contributed by atoms with Crippen molar-refractivity contribution in [2.75, 3.05) is 19.7 Å². The van der Waals surface area contributed by atoms with E-state index in [1.165, 1.54) is 6.07 Å². The zero-order valence-corrected chi connectivity index (χ0v) is 18.7. The zero-order chi connectivity index (χ0) is 22.3. The highest BCUT2D eigenvalue weighted by molar-refractivity contribution is 5.90. The summed E-state index contributed by atoms with van der Waals surface area (Å²) < 4.78 is 25.9. The molecule has 2 aliphatic rings. The van der Waals surface area contributed by atoms with Crippen LogP contribution in [-0.2, 0) is 14.4 Å². The second-order valence-electron chi connectivity index (χ2n) is 10.3. The molecule has 6 nitrogen and oxygen atoms in total. The van der Waals surface area contributed by atoms with Crippen molar-refractivity contribution < 1.29 is 28.3 Å². The number of rotatable bonds is 6. The summed E-state index contributed by atoms with van der Waals surface area (Å²) in [5.74, 6) is -0.613. The smallest absolute Gasteiger partial charge is 0.341 e. The lowest BCUT2D eigenvalue weighted by Gasteiger charge is -2.38. The Hall–Kier alpha value is -2.15. The molecule has 0 unspecified atom stereocenters. The molecule has 30 heavy (non-hydrogen) atoms. The van der Waals surface area contributed by atoms with Gasteiger partial charge in [-0.05, 0) is 71.9 Å². The molecular formula is C23H32FNO5. The topological polar surface area (TPSA) is 65.1 Å². The summed E-state index contributed by atoms with van der Waals surface area (Å²) in [6, 6.07) is 2.87. The molecule has 1 aliphatic heterocycles. The number of carbonyl (C=O) groups excluding carboxylic acids is 2. The van der Waals surface area contributed by atoms with Crippen molar-refractivity contribution in [3.05, 3.63) is 29.1 Å². The number of nitrogens with zero attached hydrogens (tertiary/aromatic N) is 1. The minimum atomic E-state index is -0.690. The Bertz CT molecular complexity index is 814. The molecule has 0 radical (unpaired) electrons. The summed E-state index contributed by atoms with van der Waals surface area (Å²) in [6.07, 6.45) is 1.99. The van der Waals surface area contributed by atoms with E-state index < -0.39 is 22.8 Å². The van der Waals surface area contributed by atoms with Crippen LogP contribution in [0.4, 0.5) is 4.39 Å². The molecule has 2 fully saturated rings. The Morgan fingerprint density at radius 1 is 1.10 bits per heavy atom. The van der Waals surface area contributed by atoms with Gasteiger partial charge in [-0.25, -0.2) is 14.0 Å². The van der Waals surface area contributed by atoms with Gasteiger partial charge in [-0.15, -0.1) is 5.06 Å². The number of ether oxygens (including phenoxy) is 2. The fourth-order valence-corrected chi connectivity index (χ4v) is 3.06. The normalized spacial score (nSPS) is 18.0. The van der Waals surface area contributed by atoms with Crippen LogP contribution in [0.15, 0.2) is 12.1 Å². The van der Waals surface area contributed by atoms with Crippen LogP contribution in [-0.4, -0.2) is 42.3 Å². The second-order valence-corrected chi connectivity index (χ2v) is 10.3. The van der Waals surface area contributed by atoms with Gasteiger partial charge in [0.25, 0.3) is 0 Å². The van der Waals surface area contributed by atoms with E-state index in [0.717, 1.165) is 18.4 Å². The maximum Gasteiger partial charge on any atom is 0.341 e. The van der Waals surface area contributed by atoms with Gasteiger partial charge in [0.05, 0.1) is 17.6 Å². The van der Waals surface area contributed by atoms with Crippen molar-refractivity contribution in [2.24, 2.45) is 11.3 Å². The highest BCUT2D eigenvalue weighted by atomic mass is 19.1. The highest BCUT2D eigenvalue weighted by Gasteiger charge is 2.35. The lowest BCUT2D eigenvalue weighted by atomic mass is 9.97. The molecule has 0 spiro atoms. The third-order valence-corrected chi connectivity index (χ3v) is 4.96. The summed E-state index contributed by atoms with van der Waals surface area (Å²) in [7, 11) is 0. The fourth-order valence-electron chi connectivity index (χ4n) is 3.06. The van der Waals surface area contributed by atoms with E-state index in [0.29, 0.717) is 25.4 Å². The predicted molar refractivity (Wildman–Crippen MR) is 110 cm³/mol. The van der Waals surface area contributed by atoms with E-state index in [9.17, 15) is 14.0 Å². The molecule has 0 bridgehead atoms. The summed E-state index contributed by atoms with van der Waals surface area (Å²) in [5, 5.41) is 1.62. The van der Waals surface area contributed by atoms with Gasteiger partial charge in [-0.1, -0.05) is 0 Å². The number of hydrogen-bond acceptors (Lipinski definition) is 6. The zero-order valence-electron chi connectivity index (χ0n) is 18.7. The molecule has 1 heterocycles. The Morgan fingerprint density at radius 3 is 2.27 bits per heavy atom. The fraction of sp³-hybridized carbons (Fsp3) is 0.652. The third kappa shape index (κ3) is 5.72. The number of carbonyl (C=O) groups is 2. The van der Waals surface area contributed by atoms with Gasteiger partial charge >= 0.3 is 11.9 Å². The van der Waals surface area contributed by atoms with Gasteiger partial charge in [0, 0.05) is 25.1 Å². The van der Waals surface area contributed by atoms with Crippen LogP contribution in [0, 0.1) is 17.2 Å². The molecule has 0 N–H and O–H groups in total. The summed E-state index contributed by atoms with van der Waals surface area (Å²) in [5.41, 5.74) is -0.435. The van der Waals surface area contributed by atoms with Crippen LogP contribution in [0.3, 0.4) is 0 Å². The summed E-state index contributed by atoms with van der Waals surface area (Å²) >= 11 is 0. The number of hydroxylamine groups is 2. The summed E-state index contributed by atoms with van der Waals surface area (Å²) in [4.78, 5) is 29.6. The van der Waals surface area contributed by atoms with Gasteiger partial charge < -0.3 is 14.3 Å². The van der Waals surface area contributed by atoms with E-state index >= 15 is 0 Å². The van der Waals surface area contributed by atoms with Crippen molar-refractivity contribution in [3.63, 3.8) is 0 Å². The van der Waals surface area contributed by atoms with Crippen LogP contribution in [0.1, 0.15) is 76.2 Å². The van der Waals surface area contributed by atoms with Crippen LogP contribution >= 0.6 is 0 Å². The molecule has 1 aliphatic carbocycles. The lowest BCUT2D eigenvalue weighted by molar-refractivity contribution is -0.230. The molecule has 1 aromatic carbocycles. The Labute approximate surface area is 177 Å². The molecule has 3 rings (SSSR count). The first kappa shape index (κ1) is 22.5. The van der Waals surface area contributed by atoms with Gasteiger partial charge in [-0.2, -0.15) is 0 Å². The maximum atomic E-state index is 14.6. The minimum absolute atomic E-state index is 0.0527. The van der Waals surface area contributed by atoms with Crippen molar-refractivity contribution in [1.82, 2.24) is 5.06 Å². The first-order valence-corrected chi connectivity index (χ1v) is 10.5. The number of hydrogen-bond donors (Lipinski definition) is 0.